The van der Waals surface area contributed by atoms with Crippen LogP contribution in [-0.2, 0) is 39.7 Å². The number of amides is 2. The fourth-order valence-corrected chi connectivity index (χ4v) is 3.96. The first-order valence-corrected chi connectivity index (χ1v) is 14.1. The molecule has 2 aromatic carbocycles. The molecule has 0 aliphatic heterocycles. The number of carbonyl (C=O) groups excluding carboxylic acids is 4. The van der Waals surface area contributed by atoms with Gasteiger partial charge < -0.3 is 39.1 Å². The Morgan fingerprint density at radius 2 is 1.39 bits per heavy atom. The van der Waals surface area contributed by atoms with Crippen molar-refractivity contribution in [3.8, 4) is 5.75 Å². The topological polar surface area (TPSA) is 148 Å². The molecule has 3 rings (SSSR count). The molecule has 12 heteroatoms. The molecule has 0 fully saturated rings. The minimum Gasteiger partial charge on any atom is -0.460 e. The first-order chi connectivity index (χ1) is 21.1. The molecule has 0 spiro atoms. The van der Waals surface area contributed by atoms with Crippen LogP contribution in [0, 0.1) is 0 Å². The summed E-state index contributed by atoms with van der Waals surface area (Å²) in [5.41, 5.74) is 2.48. The van der Waals surface area contributed by atoms with Crippen LogP contribution in [0.3, 0.4) is 0 Å². The highest BCUT2D eigenvalue weighted by atomic mass is 16.6. The summed E-state index contributed by atoms with van der Waals surface area (Å²) in [6.45, 7) is 11.6. The van der Waals surface area contributed by atoms with Gasteiger partial charge in [-0.1, -0.05) is 31.4 Å². The normalized spacial score (nSPS) is 13.4. The highest BCUT2D eigenvalue weighted by Gasteiger charge is 2.21. The molecule has 12 nitrogen and oxygen atoms in total. The molecule has 0 saturated heterocycles. The molecule has 2 aromatic rings. The Bertz CT molecular complexity index is 1400. The number of carbonyl (C=O) groups is 4. The predicted molar refractivity (Wildman–Crippen MR) is 161 cm³/mol. The average Bonchev–Trinajstić information content (AvgIpc) is 2.98. The summed E-state index contributed by atoms with van der Waals surface area (Å²) >= 11 is 0. The maximum atomic E-state index is 12.4. The second-order valence-corrected chi connectivity index (χ2v) is 9.82. The van der Waals surface area contributed by atoms with Gasteiger partial charge in [-0.25, -0.2) is 19.2 Å². The van der Waals surface area contributed by atoms with Crippen molar-refractivity contribution >= 4 is 34.9 Å². The summed E-state index contributed by atoms with van der Waals surface area (Å²) in [6.07, 6.45) is 2.65. The fraction of sp³-hybridized carbons (Fsp3) is 0.375. The maximum Gasteiger partial charge on any atom is 0.412 e. The molecular formula is C32H38N2O10. The summed E-state index contributed by atoms with van der Waals surface area (Å²) in [5, 5.41) is 7.01. The van der Waals surface area contributed by atoms with E-state index in [0.717, 1.165) is 21.9 Å². The zero-order valence-electron chi connectivity index (χ0n) is 25.0. The van der Waals surface area contributed by atoms with E-state index in [-0.39, 0.29) is 52.7 Å². The first kappa shape index (κ1) is 33.8. The van der Waals surface area contributed by atoms with Crippen molar-refractivity contribution in [2.45, 2.75) is 26.4 Å². The van der Waals surface area contributed by atoms with E-state index in [1.807, 2.05) is 30.4 Å². The van der Waals surface area contributed by atoms with Crippen LogP contribution in [0.2, 0.25) is 0 Å². The molecule has 2 amide bonds. The number of allylic oxidation sites excluding steroid dienone is 1. The Morgan fingerprint density at radius 1 is 0.773 bits per heavy atom. The van der Waals surface area contributed by atoms with Crippen LogP contribution in [0.25, 0.3) is 10.8 Å². The van der Waals surface area contributed by atoms with Gasteiger partial charge in [0.05, 0.1) is 26.4 Å². The molecule has 0 heterocycles. The van der Waals surface area contributed by atoms with E-state index >= 15 is 0 Å². The standard InChI is InChI=1S/C32H38N2O10/c1-21(2)29(35)41-16-14-39-12-10-33-31(37)43-26-9-8-23-20-27-24(18-25(23)19-26)6-5-7-28(27)44-32(38)34-11-13-40-15-17-42-30(36)22(3)4/h5,7-9,18-20,28H,1,3,6,10-17H2,2,4H3,(H,33,37)(H,34,38). The summed E-state index contributed by atoms with van der Waals surface area (Å²) in [4.78, 5) is 47.2. The van der Waals surface area contributed by atoms with Gasteiger partial charge in [0.1, 0.15) is 25.1 Å². The molecule has 0 aromatic heterocycles. The molecule has 236 valence electrons. The summed E-state index contributed by atoms with van der Waals surface area (Å²) in [6, 6.07) is 9.21. The minimum atomic E-state index is -0.626. The molecule has 2 N–H and O–H groups in total. The molecule has 1 aliphatic rings. The van der Waals surface area contributed by atoms with Crippen LogP contribution < -0.4 is 15.4 Å². The second kappa shape index (κ2) is 17.4. The van der Waals surface area contributed by atoms with Gasteiger partial charge in [-0.15, -0.1) is 0 Å². The van der Waals surface area contributed by atoms with Gasteiger partial charge >= 0.3 is 24.1 Å². The van der Waals surface area contributed by atoms with E-state index in [1.165, 1.54) is 0 Å². The van der Waals surface area contributed by atoms with Gasteiger partial charge in [-0.2, -0.15) is 0 Å². The largest absolute Gasteiger partial charge is 0.460 e. The summed E-state index contributed by atoms with van der Waals surface area (Å²) in [5.74, 6) is -0.578. The van der Waals surface area contributed by atoms with Crippen molar-refractivity contribution < 1.29 is 47.6 Å². The third-order valence-corrected chi connectivity index (χ3v) is 6.12. The Morgan fingerprint density at radius 3 is 2.00 bits per heavy atom. The van der Waals surface area contributed by atoms with E-state index in [4.69, 9.17) is 28.4 Å². The SMILES string of the molecule is C=C(C)C(=O)OCCOCCNC(=O)Oc1ccc2cc3c(cc2c1)CC=CC3OC(=O)NCCOCCOC(=O)C(=C)C. The lowest BCUT2D eigenvalue weighted by Gasteiger charge is -2.22. The Hall–Kier alpha value is -4.68. The van der Waals surface area contributed by atoms with Crippen molar-refractivity contribution in [1.82, 2.24) is 10.6 Å². The van der Waals surface area contributed by atoms with Crippen LogP contribution in [0.1, 0.15) is 31.1 Å². The van der Waals surface area contributed by atoms with Gasteiger partial charge in [0.15, 0.2) is 0 Å². The number of benzene rings is 2. The fourth-order valence-electron chi connectivity index (χ4n) is 3.96. The number of nitrogens with one attached hydrogen (secondary N) is 2. The highest BCUT2D eigenvalue weighted by Crippen LogP contribution is 2.33. The lowest BCUT2D eigenvalue weighted by molar-refractivity contribution is -0.141. The van der Waals surface area contributed by atoms with Gasteiger partial charge in [0.2, 0.25) is 0 Å². The molecule has 44 heavy (non-hydrogen) atoms. The smallest absolute Gasteiger partial charge is 0.412 e. The molecular weight excluding hydrogens is 572 g/mol. The van der Waals surface area contributed by atoms with E-state index in [2.05, 4.69) is 23.8 Å². The first-order valence-electron chi connectivity index (χ1n) is 14.1. The van der Waals surface area contributed by atoms with E-state index in [1.54, 1.807) is 26.0 Å². The van der Waals surface area contributed by atoms with E-state index in [0.29, 0.717) is 23.3 Å². The van der Waals surface area contributed by atoms with Crippen LogP contribution in [-0.4, -0.2) is 76.9 Å². The minimum absolute atomic E-state index is 0.0984. The molecule has 0 radical (unpaired) electrons. The number of fused-ring (bicyclic) bond motifs is 2. The van der Waals surface area contributed by atoms with Crippen molar-refractivity contribution in [3.05, 3.63) is 77.9 Å². The number of hydrogen-bond acceptors (Lipinski definition) is 10. The maximum absolute atomic E-state index is 12.4. The van der Waals surface area contributed by atoms with Crippen molar-refractivity contribution in [2.24, 2.45) is 0 Å². The highest BCUT2D eigenvalue weighted by molar-refractivity contribution is 5.88. The predicted octanol–water partition coefficient (Wildman–Crippen LogP) is 4.08. The zero-order valence-corrected chi connectivity index (χ0v) is 25.0. The zero-order chi connectivity index (χ0) is 31.9. The molecule has 0 saturated carbocycles. The number of alkyl carbamates (subject to hydrolysis) is 1. The average molecular weight is 611 g/mol. The van der Waals surface area contributed by atoms with Crippen LogP contribution in [0.5, 0.6) is 5.75 Å². The number of esters is 2. The van der Waals surface area contributed by atoms with Gasteiger partial charge in [0, 0.05) is 29.8 Å². The van der Waals surface area contributed by atoms with Crippen LogP contribution in [0.4, 0.5) is 9.59 Å². The number of hydrogen-bond donors (Lipinski definition) is 2. The lowest BCUT2D eigenvalue weighted by Crippen LogP contribution is -2.30. The summed E-state index contributed by atoms with van der Waals surface area (Å²) < 4.78 is 31.5. The van der Waals surface area contributed by atoms with Crippen molar-refractivity contribution in [1.29, 1.82) is 0 Å². The van der Waals surface area contributed by atoms with E-state index < -0.39 is 30.2 Å². The number of rotatable bonds is 16. The Labute approximate surface area is 255 Å². The molecule has 1 unspecified atom stereocenters. The van der Waals surface area contributed by atoms with Crippen molar-refractivity contribution in [2.75, 3.05) is 52.7 Å². The second-order valence-electron chi connectivity index (χ2n) is 9.82. The van der Waals surface area contributed by atoms with Gasteiger partial charge in [-0.05, 0) is 60.9 Å². The third-order valence-electron chi connectivity index (χ3n) is 6.12. The van der Waals surface area contributed by atoms with Gasteiger partial charge in [0.25, 0.3) is 0 Å². The molecule has 1 atom stereocenters. The monoisotopic (exact) mass is 610 g/mol. The van der Waals surface area contributed by atoms with E-state index in [9.17, 15) is 19.2 Å². The Kier molecular flexibility index (Phi) is 13.4. The molecule has 1 aliphatic carbocycles. The van der Waals surface area contributed by atoms with Crippen molar-refractivity contribution in [3.63, 3.8) is 0 Å². The van der Waals surface area contributed by atoms with Crippen LogP contribution in [0.15, 0.2) is 66.8 Å². The lowest BCUT2D eigenvalue weighted by atomic mass is 9.91. The summed E-state index contributed by atoms with van der Waals surface area (Å²) in [7, 11) is 0. The number of ether oxygens (including phenoxy) is 6. The van der Waals surface area contributed by atoms with Crippen LogP contribution >= 0.6 is 0 Å². The third kappa shape index (κ3) is 11.2. The van der Waals surface area contributed by atoms with Gasteiger partial charge in [-0.3, -0.25) is 0 Å². The Balaban J connectivity index is 1.41. The quantitative estimate of drug-likeness (QED) is 0.0937. The molecule has 0 bridgehead atoms.